The van der Waals surface area contributed by atoms with Crippen LogP contribution in [0.15, 0.2) is 0 Å². The fourth-order valence-corrected chi connectivity index (χ4v) is 3.88. The molecule has 2 rings (SSSR count). The van der Waals surface area contributed by atoms with Crippen molar-refractivity contribution >= 4 is 16.5 Å². The smallest absolute Gasteiger partial charge is 0.185 e. The van der Waals surface area contributed by atoms with Gasteiger partial charge in [0.1, 0.15) is 0 Å². The highest BCUT2D eigenvalue weighted by Gasteiger charge is 2.25. The lowest BCUT2D eigenvalue weighted by Gasteiger charge is -2.34. The molecule has 114 valence electrons. The monoisotopic (exact) mass is 296 g/mol. The van der Waals surface area contributed by atoms with Gasteiger partial charge < -0.3 is 10.6 Å². The molecule has 0 spiro atoms. The zero-order valence-corrected chi connectivity index (χ0v) is 14.1. The van der Waals surface area contributed by atoms with E-state index in [2.05, 4.69) is 37.5 Å². The lowest BCUT2D eigenvalue weighted by atomic mass is 9.91. The van der Waals surface area contributed by atoms with Crippen LogP contribution in [0.1, 0.15) is 44.7 Å². The van der Waals surface area contributed by atoms with E-state index in [9.17, 15) is 0 Å². The molecule has 4 nitrogen and oxygen atoms in total. The molecule has 1 aromatic heterocycles. The molecule has 1 saturated heterocycles. The van der Waals surface area contributed by atoms with E-state index < -0.39 is 0 Å². The first-order chi connectivity index (χ1) is 9.45. The van der Waals surface area contributed by atoms with Crippen molar-refractivity contribution < 1.29 is 0 Å². The maximum absolute atomic E-state index is 5.90. The summed E-state index contributed by atoms with van der Waals surface area (Å²) in [6, 6.07) is 0. The zero-order valence-electron chi connectivity index (χ0n) is 13.3. The van der Waals surface area contributed by atoms with Gasteiger partial charge in [-0.2, -0.15) is 0 Å². The Balaban J connectivity index is 2.09. The zero-order chi connectivity index (χ0) is 14.8. The van der Waals surface area contributed by atoms with Crippen LogP contribution in [-0.4, -0.2) is 42.6 Å². The van der Waals surface area contributed by atoms with E-state index in [0.717, 1.165) is 31.3 Å². The SMILES string of the molecule is CCCN1CCN(c2nc(C(C)(C)C)c(CN)s2)CC1. The number of hydrogen-bond donors (Lipinski definition) is 1. The number of rotatable bonds is 4. The average Bonchev–Trinajstić information content (AvgIpc) is 2.84. The quantitative estimate of drug-likeness (QED) is 0.927. The minimum Gasteiger partial charge on any atom is -0.346 e. The molecule has 0 atom stereocenters. The van der Waals surface area contributed by atoms with Crippen LogP contribution in [0.3, 0.4) is 0 Å². The number of nitrogens with two attached hydrogens (primary N) is 1. The maximum atomic E-state index is 5.90. The molecule has 0 aliphatic carbocycles. The molecule has 0 saturated carbocycles. The van der Waals surface area contributed by atoms with Crippen molar-refractivity contribution in [3.8, 4) is 0 Å². The predicted molar refractivity (Wildman–Crippen MR) is 87.6 cm³/mol. The third-order valence-electron chi connectivity index (χ3n) is 3.76. The molecule has 1 aliphatic rings. The van der Waals surface area contributed by atoms with E-state index in [4.69, 9.17) is 10.7 Å². The van der Waals surface area contributed by atoms with Crippen molar-refractivity contribution in [1.29, 1.82) is 0 Å². The standard InChI is InChI=1S/C15H28N4S/c1-5-6-18-7-9-19(10-8-18)14-17-13(15(2,3)4)12(11-16)20-14/h5-11,16H2,1-4H3. The minimum absolute atomic E-state index is 0.0769. The Hall–Kier alpha value is -0.650. The molecule has 2 N–H and O–H groups in total. The molecule has 0 aromatic carbocycles. The molecule has 5 heteroatoms. The van der Waals surface area contributed by atoms with E-state index in [0.29, 0.717) is 6.54 Å². The van der Waals surface area contributed by atoms with Crippen LogP contribution >= 0.6 is 11.3 Å². The Labute approximate surface area is 127 Å². The van der Waals surface area contributed by atoms with E-state index in [1.165, 1.54) is 23.5 Å². The molecule has 20 heavy (non-hydrogen) atoms. The lowest BCUT2D eigenvalue weighted by Crippen LogP contribution is -2.46. The lowest BCUT2D eigenvalue weighted by molar-refractivity contribution is 0.258. The van der Waals surface area contributed by atoms with Crippen LogP contribution in [0.25, 0.3) is 0 Å². The second kappa shape index (κ2) is 6.41. The number of nitrogens with zero attached hydrogens (tertiary/aromatic N) is 3. The van der Waals surface area contributed by atoms with Gasteiger partial charge in [0.2, 0.25) is 0 Å². The van der Waals surface area contributed by atoms with Gasteiger partial charge in [0, 0.05) is 43.0 Å². The summed E-state index contributed by atoms with van der Waals surface area (Å²) in [6.45, 7) is 15.2. The second-order valence-corrected chi connectivity index (χ2v) is 7.61. The van der Waals surface area contributed by atoms with Gasteiger partial charge in [0.05, 0.1) is 5.69 Å². The Bertz CT molecular complexity index is 428. The number of piperazine rings is 1. The molecule has 0 radical (unpaired) electrons. The molecule has 0 bridgehead atoms. The van der Waals surface area contributed by atoms with Crippen LogP contribution < -0.4 is 10.6 Å². The Morgan fingerprint density at radius 1 is 1.20 bits per heavy atom. The summed E-state index contributed by atoms with van der Waals surface area (Å²) in [6.07, 6.45) is 1.24. The van der Waals surface area contributed by atoms with E-state index in [1.807, 2.05) is 0 Å². The molecule has 1 aromatic rings. The number of thiazole rings is 1. The summed E-state index contributed by atoms with van der Waals surface area (Å²) >= 11 is 1.78. The Kier molecular flexibility index (Phi) is 5.04. The summed E-state index contributed by atoms with van der Waals surface area (Å²) in [4.78, 5) is 11.1. The fraction of sp³-hybridized carbons (Fsp3) is 0.800. The number of hydrogen-bond acceptors (Lipinski definition) is 5. The van der Waals surface area contributed by atoms with Gasteiger partial charge in [-0.1, -0.05) is 27.7 Å². The summed E-state index contributed by atoms with van der Waals surface area (Å²) in [5.41, 5.74) is 7.15. The van der Waals surface area contributed by atoms with E-state index >= 15 is 0 Å². The molecule has 1 fully saturated rings. The van der Waals surface area contributed by atoms with Crippen molar-refractivity contribution in [3.63, 3.8) is 0 Å². The van der Waals surface area contributed by atoms with Gasteiger partial charge in [-0.15, -0.1) is 11.3 Å². The Morgan fingerprint density at radius 2 is 1.85 bits per heavy atom. The molecule has 0 amide bonds. The fourth-order valence-electron chi connectivity index (χ4n) is 2.68. The highest BCUT2D eigenvalue weighted by Crippen LogP contribution is 2.33. The minimum atomic E-state index is 0.0769. The van der Waals surface area contributed by atoms with Gasteiger partial charge in [0.25, 0.3) is 0 Å². The van der Waals surface area contributed by atoms with Gasteiger partial charge in [-0.25, -0.2) is 4.98 Å². The first-order valence-electron chi connectivity index (χ1n) is 7.63. The summed E-state index contributed by atoms with van der Waals surface area (Å²) in [5, 5.41) is 1.16. The summed E-state index contributed by atoms with van der Waals surface area (Å²) in [7, 11) is 0. The van der Waals surface area contributed by atoms with Gasteiger partial charge in [-0.3, -0.25) is 4.90 Å². The molecule has 1 aliphatic heterocycles. The predicted octanol–water partition coefficient (Wildman–Crippen LogP) is 2.43. The van der Waals surface area contributed by atoms with Crippen LogP contribution in [0.5, 0.6) is 0 Å². The number of aromatic nitrogens is 1. The molecular formula is C15H28N4S. The normalized spacial score (nSPS) is 17.8. The van der Waals surface area contributed by atoms with Gasteiger partial charge in [-0.05, 0) is 13.0 Å². The Morgan fingerprint density at radius 3 is 2.30 bits per heavy atom. The second-order valence-electron chi connectivity index (χ2n) is 6.55. The first kappa shape index (κ1) is 15.7. The van der Waals surface area contributed by atoms with Crippen molar-refractivity contribution in [2.24, 2.45) is 5.73 Å². The van der Waals surface area contributed by atoms with Crippen molar-refractivity contribution in [2.75, 3.05) is 37.6 Å². The molecule has 0 unspecified atom stereocenters. The maximum Gasteiger partial charge on any atom is 0.185 e. The highest BCUT2D eigenvalue weighted by atomic mass is 32.1. The van der Waals surface area contributed by atoms with Crippen LogP contribution in [0, 0.1) is 0 Å². The summed E-state index contributed by atoms with van der Waals surface area (Å²) in [5.74, 6) is 0. The largest absolute Gasteiger partial charge is 0.346 e. The third-order valence-corrected chi connectivity index (χ3v) is 4.90. The van der Waals surface area contributed by atoms with Gasteiger partial charge in [0.15, 0.2) is 5.13 Å². The van der Waals surface area contributed by atoms with Crippen LogP contribution in [0.4, 0.5) is 5.13 Å². The molecule has 2 heterocycles. The average molecular weight is 296 g/mol. The summed E-state index contributed by atoms with van der Waals surface area (Å²) < 4.78 is 0. The van der Waals surface area contributed by atoms with Crippen LogP contribution in [-0.2, 0) is 12.0 Å². The van der Waals surface area contributed by atoms with Crippen LogP contribution in [0.2, 0.25) is 0 Å². The van der Waals surface area contributed by atoms with E-state index in [-0.39, 0.29) is 5.41 Å². The van der Waals surface area contributed by atoms with Gasteiger partial charge >= 0.3 is 0 Å². The van der Waals surface area contributed by atoms with Crippen molar-refractivity contribution in [3.05, 3.63) is 10.6 Å². The van der Waals surface area contributed by atoms with Crippen molar-refractivity contribution in [1.82, 2.24) is 9.88 Å². The molecular weight excluding hydrogens is 268 g/mol. The highest BCUT2D eigenvalue weighted by molar-refractivity contribution is 7.15. The van der Waals surface area contributed by atoms with Crippen molar-refractivity contribution in [2.45, 2.75) is 46.1 Å². The van der Waals surface area contributed by atoms with E-state index in [1.54, 1.807) is 11.3 Å². The first-order valence-corrected chi connectivity index (χ1v) is 8.45. The third kappa shape index (κ3) is 3.51. The number of anilines is 1. The topological polar surface area (TPSA) is 45.4 Å².